The molecule has 7 heteroatoms. The molecule has 0 saturated heterocycles. The van der Waals surface area contributed by atoms with Crippen LogP contribution in [-0.4, -0.2) is 27.6 Å². The van der Waals surface area contributed by atoms with Crippen molar-refractivity contribution in [1.29, 1.82) is 0 Å². The van der Waals surface area contributed by atoms with E-state index in [1.165, 1.54) is 4.88 Å². The smallest absolute Gasteiger partial charge is 0.323 e. The molecule has 0 saturated carbocycles. The minimum Gasteiger partial charge on any atom is -0.480 e. The zero-order valence-electron chi connectivity index (χ0n) is 15.9. The largest absolute Gasteiger partial charge is 0.480 e. The van der Waals surface area contributed by atoms with Gasteiger partial charge in [-0.25, -0.2) is 4.98 Å². The SMILES string of the molecule is CC1CCc2c(sc3nc(C(C)N(CC(=O)O)c4ccccc4)[nH]c(=O)c23)C1. The number of carboxylic acids is 1. The molecule has 0 bridgehead atoms. The average Bonchev–Trinajstić information content (AvgIpc) is 3.03. The molecule has 2 atom stereocenters. The van der Waals surface area contributed by atoms with Gasteiger partial charge in [0.2, 0.25) is 0 Å². The van der Waals surface area contributed by atoms with E-state index in [2.05, 4.69) is 11.9 Å². The lowest BCUT2D eigenvalue weighted by molar-refractivity contribution is -0.135. The second kappa shape index (κ2) is 7.39. The van der Waals surface area contributed by atoms with Crippen molar-refractivity contribution in [3.05, 3.63) is 57.0 Å². The Kier molecular flexibility index (Phi) is 4.93. The minimum atomic E-state index is -0.931. The summed E-state index contributed by atoms with van der Waals surface area (Å²) in [5, 5.41) is 10.1. The summed E-state index contributed by atoms with van der Waals surface area (Å²) in [5.41, 5.74) is 1.80. The molecule has 0 radical (unpaired) electrons. The third-order valence-corrected chi connectivity index (χ3v) is 6.59. The van der Waals surface area contributed by atoms with Crippen LogP contribution in [0.4, 0.5) is 5.69 Å². The van der Waals surface area contributed by atoms with Gasteiger partial charge in [-0.1, -0.05) is 25.1 Å². The Balaban J connectivity index is 1.77. The van der Waals surface area contributed by atoms with Crippen molar-refractivity contribution in [2.24, 2.45) is 5.92 Å². The Morgan fingerprint density at radius 1 is 1.39 bits per heavy atom. The number of aliphatic carboxylic acids is 1. The van der Waals surface area contributed by atoms with Crippen LogP contribution in [0.2, 0.25) is 0 Å². The van der Waals surface area contributed by atoms with E-state index < -0.39 is 5.97 Å². The lowest BCUT2D eigenvalue weighted by atomic mass is 9.89. The van der Waals surface area contributed by atoms with Gasteiger partial charge in [0.15, 0.2) is 0 Å². The normalized spacial score (nSPS) is 17.3. The molecule has 1 aliphatic rings. The molecular formula is C21H23N3O3S. The summed E-state index contributed by atoms with van der Waals surface area (Å²) in [7, 11) is 0. The number of nitrogens with one attached hydrogen (secondary N) is 1. The van der Waals surface area contributed by atoms with E-state index in [-0.39, 0.29) is 18.1 Å². The van der Waals surface area contributed by atoms with Gasteiger partial charge in [-0.15, -0.1) is 11.3 Å². The molecule has 2 heterocycles. The van der Waals surface area contributed by atoms with Crippen LogP contribution in [0, 0.1) is 5.92 Å². The van der Waals surface area contributed by atoms with Gasteiger partial charge in [0, 0.05) is 10.6 Å². The highest BCUT2D eigenvalue weighted by Gasteiger charge is 2.26. The van der Waals surface area contributed by atoms with Crippen molar-refractivity contribution in [2.45, 2.75) is 39.2 Å². The molecule has 4 rings (SSSR count). The first-order chi connectivity index (χ1) is 13.4. The van der Waals surface area contributed by atoms with E-state index in [1.807, 2.05) is 37.3 Å². The second-order valence-electron chi connectivity index (χ2n) is 7.52. The van der Waals surface area contributed by atoms with Crippen LogP contribution in [-0.2, 0) is 17.6 Å². The second-order valence-corrected chi connectivity index (χ2v) is 8.60. The van der Waals surface area contributed by atoms with Gasteiger partial charge < -0.3 is 15.0 Å². The number of nitrogens with zero attached hydrogens (tertiary/aromatic N) is 2. The monoisotopic (exact) mass is 397 g/mol. The van der Waals surface area contributed by atoms with Crippen molar-refractivity contribution in [3.8, 4) is 0 Å². The Morgan fingerprint density at radius 2 is 2.14 bits per heavy atom. The number of rotatable bonds is 5. The number of fused-ring (bicyclic) bond motifs is 3. The number of hydrogen-bond acceptors (Lipinski definition) is 5. The third-order valence-electron chi connectivity index (χ3n) is 5.44. The number of aromatic nitrogens is 2. The number of carbonyl (C=O) groups is 1. The Hall–Kier alpha value is -2.67. The van der Waals surface area contributed by atoms with Gasteiger partial charge in [-0.05, 0) is 49.8 Å². The van der Waals surface area contributed by atoms with Crippen molar-refractivity contribution in [2.75, 3.05) is 11.4 Å². The molecule has 1 aliphatic carbocycles. The maximum Gasteiger partial charge on any atom is 0.323 e. The van der Waals surface area contributed by atoms with Crippen molar-refractivity contribution in [1.82, 2.24) is 9.97 Å². The summed E-state index contributed by atoms with van der Waals surface area (Å²) in [4.78, 5) is 35.7. The molecule has 28 heavy (non-hydrogen) atoms. The molecule has 0 spiro atoms. The molecule has 6 nitrogen and oxygen atoms in total. The number of thiophene rings is 1. The number of carboxylic acid groups (broad SMARTS) is 1. The molecule has 0 amide bonds. The summed E-state index contributed by atoms with van der Waals surface area (Å²) in [6.07, 6.45) is 3.01. The zero-order valence-corrected chi connectivity index (χ0v) is 16.8. The van der Waals surface area contributed by atoms with E-state index >= 15 is 0 Å². The van der Waals surface area contributed by atoms with Gasteiger partial charge in [0.1, 0.15) is 17.2 Å². The van der Waals surface area contributed by atoms with E-state index in [1.54, 1.807) is 16.2 Å². The van der Waals surface area contributed by atoms with Crippen molar-refractivity contribution in [3.63, 3.8) is 0 Å². The lowest BCUT2D eigenvalue weighted by Gasteiger charge is -2.29. The summed E-state index contributed by atoms with van der Waals surface area (Å²) in [6, 6.07) is 8.96. The molecule has 3 aromatic rings. The van der Waals surface area contributed by atoms with Crippen molar-refractivity contribution >= 4 is 33.2 Å². The van der Waals surface area contributed by atoms with Crippen molar-refractivity contribution < 1.29 is 9.90 Å². The van der Waals surface area contributed by atoms with Crippen LogP contribution >= 0.6 is 11.3 Å². The summed E-state index contributed by atoms with van der Waals surface area (Å²) < 4.78 is 0. The van der Waals surface area contributed by atoms with Crippen LogP contribution < -0.4 is 10.5 Å². The number of anilines is 1. The van der Waals surface area contributed by atoms with Crippen LogP contribution in [0.5, 0.6) is 0 Å². The summed E-state index contributed by atoms with van der Waals surface area (Å²) in [6.45, 7) is 3.93. The number of aromatic amines is 1. The number of aryl methyl sites for hydroxylation is 1. The predicted molar refractivity (Wildman–Crippen MR) is 111 cm³/mol. The Labute approximate surface area is 166 Å². The molecule has 0 fully saturated rings. The van der Waals surface area contributed by atoms with E-state index in [0.29, 0.717) is 17.1 Å². The van der Waals surface area contributed by atoms with Gasteiger partial charge in [-0.2, -0.15) is 0 Å². The van der Waals surface area contributed by atoms with Crippen LogP contribution in [0.25, 0.3) is 10.2 Å². The molecule has 2 unspecified atom stereocenters. The molecule has 1 aromatic carbocycles. The topological polar surface area (TPSA) is 86.3 Å². The lowest BCUT2D eigenvalue weighted by Crippen LogP contribution is -2.34. The first-order valence-electron chi connectivity index (χ1n) is 9.52. The fourth-order valence-corrected chi connectivity index (χ4v) is 5.32. The van der Waals surface area contributed by atoms with E-state index in [4.69, 9.17) is 4.98 Å². The fourth-order valence-electron chi connectivity index (χ4n) is 3.93. The van der Waals surface area contributed by atoms with Crippen LogP contribution in [0.1, 0.15) is 42.6 Å². The number of para-hydroxylation sites is 1. The predicted octanol–water partition coefficient (Wildman–Crippen LogP) is 3.76. The highest BCUT2D eigenvalue weighted by molar-refractivity contribution is 7.18. The van der Waals surface area contributed by atoms with Crippen LogP contribution in [0.3, 0.4) is 0 Å². The van der Waals surface area contributed by atoms with Gasteiger partial charge >= 0.3 is 5.97 Å². The standard InChI is InChI=1S/C21H23N3O3S/c1-12-8-9-15-16(10-12)28-21-18(15)20(27)22-19(23-21)13(2)24(11-17(25)26)14-6-4-3-5-7-14/h3-7,12-13H,8-11H2,1-2H3,(H,25,26)(H,22,23,27). The Morgan fingerprint density at radius 3 is 2.86 bits per heavy atom. The van der Waals surface area contributed by atoms with Crippen LogP contribution in [0.15, 0.2) is 35.1 Å². The van der Waals surface area contributed by atoms with Gasteiger partial charge in [0.25, 0.3) is 5.56 Å². The molecule has 0 aliphatic heterocycles. The van der Waals surface area contributed by atoms with Gasteiger partial charge in [-0.3, -0.25) is 9.59 Å². The molecule has 2 N–H and O–H groups in total. The summed E-state index contributed by atoms with van der Waals surface area (Å²) >= 11 is 1.60. The van der Waals surface area contributed by atoms with Gasteiger partial charge in [0.05, 0.1) is 11.4 Å². The number of H-pyrrole nitrogens is 1. The highest BCUT2D eigenvalue weighted by Crippen LogP contribution is 2.36. The summed E-state index contributed by atoms with van der Waals surface area (Å²) in [5.74, 6) is 0.191. The van der Waals surface area contributed by atoms with E-state index in [0.717, 1.165) is 35.3 Å². The fraction of sp³-hybridized carbons (Fsp3) is 0.381. The number of hydrogen-bond donors (Lipinski definition) is 2. The van der Waals surface area contributed by atoms with E-state index in [9.17, 15) is 14.7 Å². The average molecular weight is 398 g/mol. The quantitative estimate of drug-likeness (QED) is 0.685. The molecule has 146 valence electrons. The molecular weight excluding hydrogens is 374 g/mol. The first-order valence-corrected chi connectivity index (χ1v) is 10.3. The molecule has 2 aromatic heterocycles. The maximum absolute atomic E-state index is 12.9. The maximum atomic E-state index is 12.9. The third kappa shape index (κ3) is 3.42. The highest BCUT2D eigenvalue weighted by atomic mass is 32.1. The number of benzene rings is 1. The first kappa shape index (κ1) is 18.7. The Bertz CT molecular complexity index is 1070. The minimum absolute atomic E-state index is 0.123. The zero-order chi connectivity index (χ0) is 19.8.